The van der Waals surface area contributed by atoms with E-state index in [-0.39, 0.29) is 5.69 Å². The van der Waals surface area contributed by atoms with Crippen molar-refractivity contribution >= 4 is 17.0 Å². The molecular formula is C14H11N3O2. The number of carboxylic acids is 1. The number of pyridine rings is 1. The standard InChI is InChI=1S/C14H11N3O2/c18-14(19)12-7-3-4-9(15-12)8-13-16-10-5-1-2-6-11(10)17-13/h1-7H,8H2,(H,16,17)(H,18,19). The van der Waals surface area contributed by atoms with Crippen LogP contribution in [0.2, 0.25) is 0 Å². The lowest BCUT2D eigenvalue weighted by molar-refractivity contribution is 0.0690. The molecule has 0 unspecified atom stereocenters. The summed E-state index contributed by atoms with van der Waals surface area (Å²) in [5, 5.41) is 8.90. The number of nitrogens with zero attached hydrogens (tertiary/aromatic N) is 2. The van der Waals surface area contributed by atoms with E-state index >= 15 is 0 Å². The Labute approximate surface area is 109 Å². The number of hydrogen-bond acceptors (Lipinski definition) is 3. The first-order valence-electron chi connectivity index (χ1n) is 5.85. The lowest BCUT2D eigenvalue weighted by Crippen LogP contribution is -2.03. The molecule has 0 saturated carbocycles. The van der Waals surface area contributed by atoms with Gasteiger partial charge in [0.1, 0.15) is 11.5 Å². The fraction of sp³-hybridized carbons (Fsp3) is 0.0714. The highest BCUT2D eigenvalue weighted by Gasteiger charge is 2.08. The Morgan fingerprint density at radius 3 is 2.74 bits per heavy atom. The summed E-state index contributed by atoms with van der Waals surface area (Å²) in [4.78, 5) is 22.6. The van der Waals surface area contributed by atoms with Crippen molar-refractivity contribution in [3.05, 3.63) is 59.7 Å². The van der Waals surface area contributed by atoms with Crippen molar-refractivity contribution in [2.75, 3.05) is 0 Å². The van der Waals surface area contributed by atoms with Crippen LogP contribution in [-0.2, 0) is 6.42 Å². The molecule has 2 aromatic heterocycles. The molecule has 2 N–H and O–H groups in total. The Kier molecular flexibility index (Phi) is 2.72. The summed E-state index contributed by atoms with van der Waals surface area (Å²) < 4.78 is 0. The zero-order chi connectivity index (χ0) is 13.2. The van der Waals surface area contributed by atoms with Gasteiger partial charge >= 0.3 is 5.97 Å². The van der Waals surface area contributed by atoms with Crippen LogP contribution in [0, 0.1) is 0 Å². The van der Waals surface area contributed by atoms with Crippen molar-refractivity contribution in [3.8, 4) is 0 Å². The topological polar surface area (TPSA) is 78.9 Å². The average molecular weight is 253 g/mol. The summed E-state index contributed by atoms with van der Waals surface area (Å²) in [6, 6.07) is 12.7. The quantitative estimate of drug-likeness (QED) is 0.750. The van der Waals surface area contributed by atoms with Crippen LogP contribution < -0.4 is 0 Å². The molecule has 94 valence electrons. The Morgan fingerprint density at radius 1 is 1.11 bits per heavy atom. The number of benzene rings is 1. The number of imidazole rings is 1. The number of rotatable bonds is 3. The highest BCUT2D eigenvalue weighted by Crippen LogP contribution is 2.12. The van der Waals surface area contributed by atoms with E-state index in [1.807, 2.05) is 24.3 Å². The minimum absolute atomic E-state index is 0.0496. The van der Waals surface area contributed by atoms with Gasteiger partial charge in [0.15, 0.2) is 0 Å². The molecule has 0 aliphatic rings. The molecule has 0 radical (unpaired) electrons. The average Bonchev–Trinajstić information content (AvgIpc) is 2.81. The Balaban J connectivity index is 1.92. The predicted octanol–water partition coefficient (Wildman–Crippen LogP) is 2.25. The van der Waals surface area contributed by atoms with Gasteiger partial charge in [-0.05, 0) is 24.3 Å². The van der Waals surface area contributed by atoms with Crippen molar-refractivity contribution in [1.29, 1.82) is 0 Å². The lowest BCUT2D eigenvalue weighted by Gasteiger charge is -1.99. The van der Waals surface area contributed by atoms with E-state index in [1.165, 1.54) is 6.07 Å². The van der Waals surface area contributed by atoms with Crippen LogP contribution in [0.1, 0.15) is 22.0 Å². The third-order valence-electron chi connectivity index (χ3n) is 2.81. The highest BCUT2D eigenvalue weighted by molar-refractivity contribution is 5.85. The SMILES string of the molecule is O=C(O)c1cccc(Cc2nc3ccccc3[nH]2)n1. The maximum atomic E-state index is 10.9. The number of nitrogens with one attached hydrogen (secondary N) is 1. The van der Waals surface area contributed by atoms with Crippen molar-refractivity contribution in [3.63, 3.8) is 0 Å². The summed E-state index contributed by atoms with van der Waals surface area (Å²) in [5.41, 5.74) is 2.59. The number of aromatic nitrogens is 3. The van der Waals surface area contributed by atoms with Gasteiger partial charge in [0, 0.05) is 12.1 Å². The maximum Gasteiger partial charge on any atom is 0.354 e. The normalized spacial score (nSPS) is 10.7. The number of aromatic carboxylic acids is 1. The molecule has 0 amide bonds. The summed E-state index contributed by atoms with van der Waals surface area (Å²) in [5.74, 6) is -0.248. The molecular weight excluding hydrogens is 242 g/mol. The van der Waals surface area contributed by atoms with Crippen molar-refractivity contribution in [2.45, 2.75) is 6.42 Å². The molecule has 3 rings (SSSR count). The van der Waals surface area contributed by atoms with E-state index in [4.69, 9.17) is 5.11 Å². The van der Waals surface area contributed by atoms with Gasteiger partial charge in [-0.1, -0.05) is 18.2 Å². The molecule has 5 heteroatoms. The molecule has 1 aromatic carbocycles. The first-order valence-corrected chi connectivity index (χ1v) is 5.85. The Hall–Kier alpha value is -2.69. The minimum Gasteiger partial charge on any atom is -0.477 e. The number of carboxylic acid groups (broad SMARTS) is 1. The molecule has 0 aliphatic carbocycles. The van der Waals surface area contributed by atoms with Crippen LogP contribution in [0.3, 0.4) is 0 Å². The number of H-pyrrole nitrogens is 1. The molecule has 3 aromatic rings. The van der Waals surface area contributed by atoms with Crippen molar-refractivity contribution in [2.24, 2.45) is 0 Å². The van der Waals surface area contributed by atoms with Crippen LogP contribution in [0.15, 0.2) is 42.5 Å². The smallest absolute Gasteiger partial charge is 0.354 e. The van der Waals surface area contributed by atoms with Gasteiger partial charge in [-0.25, -0.2) is 14.8 Å². The summed E-state index contributed by atoms with van der Waals surface area (Å²) in [7, 11) is 0. The number of hydrogen-bond donors (Lipinski definition) is 2. The summed E-state index contributed by atoms with van der Waals surface area (Å²) in [6.45, 7) is 0. The van der Waals surface area contributed by atoms with Crippen molar-refractivity contribution < 1.29 is 9.90 Å². The van der Waals surface area contributed by atoms with Crippen LogP contribution in [0.5, 0.6) is 0 Å². The first-order chi connectivity index (χ1) is 9.22. The van der Waals surface area contributed by atoms with Crippen molar-refractivity contribution in [1.82, 2.24) is 15.0 Å². The fourth-order valence-corrected chi connectivity index (χ4v) is 1.96. The molecule has 0 spiro atoms. The number of carbonyl (C=O) groups is 1. The third-order valence-corrected chi connectivity index (χ3v) is 2.81. The number of fused-ring (bicyclic) bond motifs is 1. The minimum atomic E-state index is -1.02. The van der Waals surface area contributed by atoms with Crippen LogP contribution in [0.25, 0.3) is 11.0 Å². The van der Waals surface area contributed by atoms with E-state index in [9.17, 15) is 4.79 Å². The van der Waals surface area contributed by atoms with Crippen LogP contribution >= 0.6 is 0 Å². The lowest BCUT2D eigenvalue weighted by atomic mass is 10.2. The van der Waals surface area contributed by atoms with Crippen LogP contribution in [-0.4, -0.2) is 26.0 Å². The second-order valence-corrected chi connectivity index (χ2v) is 4.20. The van der Waals surface area contributed by atoms with Gasteiger partial charge in [0.2, 0.25) is 0 Å². The molecule has 2 heterocycles. The molecule has 5 nitrogen and oxygen atoms in total. The molecule has 0 atom stereocenters. The monoisotopic (exact) mass is 253 g/mol. The summed E-state index contributed by atoms with van der Waals surface area (Å²) >= 11 is 0. The molecule has 0 saturated heterocycles. The molecule has 0 bridgehead atoms. The predicted molar refractivity (Wildman–Crippen MR) is 70.1 cm³/mol. The third kappa shape index (κ3) is 2.30. The summed E-state index contributed by atoms with van der Waals surface area (Å²) in [6.07, 6.45) is 0.482. The zero-order valence-electron chi connectivity index (χ0n) is 10.00. The van der Waals surface area contributed by atoms with Gasteiger partial charge in [-0.3, -0.25) is 0 Å². The highest BCUT2D eigenvalue weighted by atomic mass is 16.4. The van der Waals surface area contributed by atoms with E-state index in [0.29, 0.717) is 12.1 Å². The molecule has 0 aliphatic heterocycles. The van der Waals surface area contributed by atoms with E-state index in [2.05, 4.69) is 15.0 Å². The van der Waals surface area contributed by atoms with E-state index in [0.717, 1.165) is 16.9 Å². The fourth-order valence-electron chi connectivity index (χ4n) is 1.96. The van der Waals surface area contributed by atoms with Gasteiger partial charge < -0.3 is 10.1 Å². The van der Waals surface area contributed by atoms with E-state index in [1.54, 1.807) is 12.1 Å². The maximum absolute atomic E-state index is 10.9. The Bertz CT molecular complexity index is 716. The first kappa shape index (κ1) is 11.4. The van der Waals surface area contributed by atoms with Gasteiger partial charge in [0.05, 0.1) is 11.0 Å². The van der Waals surface area contributed by atoms with Gasteiger partial charge in [-0.15, -0.1) is 0 Å². The van der Waals surface area contributed by atoms with Gasteiger partial charge in [0.25, 0.3) is 0 Å². The molecule has 19 heavy (non-hydrogen) atoms. The Morgan fingerprint density at radius 2 is 1.95 bits per heavy atom. The second-order valence-electron chi connectivity index (χ2n) is 4.20. The largest absolute Gasteiger partial charge is 0.477 e. The number of aromatic amines is 1. The zero-order valence-corrected chi connectivity index (χ0v) is 10.00. The van der Waals surface area contributed by atoms with Gasteiger partial charge in [-0.2, -0.15) is 0 Å². The molecule has 0 fully saturated rings. The second kappa shape index (κ2) is 4.53. The number of para-hydroxylation sites is 2. The van der Waals surface area contributed by atoms with E-state index < -0.39 is 5.97 Å². The van der Waals surface area contributed by atoms with Crippen LogP contribution in [0.4, 0.5) is 0 Å².